The third-order valence-corrected chi connectivity index (χ3v) is 4.05. The van der Waals surface area contributed by atoms with Crippen molar-refractivity contribution in [1.29, 1.82) is 0 Å². The Bertz CT molecular complexity index is 270. The number of ether oxygens (including phenoxy) is 1. The highest BCUT2D eigenvalue weighted by Crippen LogP contribution is 2.34. The van der Waals surface area contributed by atoms with Crippen molar-refractivity contribution in [3.05, 3.63) is 0 Å². The lowest BCUT2D eigenvalue weighted by Gasteiger charge is -2.33. The number of amides is 1. The van der Waals surface area contributed by atoms with Crippen LogP contribution in [0.3, 0.4) is 0 Å². The lowest BCUT2D eigenvalue weighted by molar-refractivity contribution is -0.124. The quantitative estimate of drug-likeness (QED) is 0.775. The molecule has 2 aliphatic rings. The molecule has 0 aromatic heterocycles. The van der Waals surface area contributed by atoms with E-state index in [1.54, 1.807) is 0 Å². The Labute approximate surface area is 103 Å². The molecule has 1 saturated carbocycles. The first kappa shape index (κ1) is 12.8. The summed E-state index contributed by atoms with van der Waals surface area (Å²) in [5.74, 6) is 0.533. The monoisotopic (exact) mass is 240 g/mol. The van der Waals surface area contributed by atoms with Crippen molar-refractivity contribution in [2.24, 2.45) is 11.7 Å². The van der Waals surface area contributed by atoms with Gasteiger partial charge in [0.15, 0.2) is 0 Å². The van der Waals surface area contributed by atoms with Gasteiger partial charge in [0.2, 0.25) is 5.91 Å². The van der Waals surface area contributed by atoms with Gasteiger partial charge in [-0.3, -0.25) is 4.79 Å². The summed E-state index contributed by atoms with van der Waals surface area (Å²) in [4.78, 5) is 11.9. The highest BCUT2D eigenvalue weighted by Gasteiger charge is 2.38. The van der Waals surface area contributed by atoms with Crippen LogP contribution < -0.4 is 11.1 Å². The fourth-order valence-corrected chi connectivity index (χ4v) is 3.09. The van der Waals surface area contributed by atoms with Crippen LogP contribution in [0.25, 0.3) is 0 Å². The maximum Gasteiger partial charge on any atom is 0.237 e. The van der Waals surface area contributed by atoms with Crippen LogP contribution in [0.4, 0.5) is 0 Å². The van der Waals surface area contributed by atoms with E-state index in [2.05, 4.69) is 12.2 Å². The molecule has 3 N–H and O–H groups in total. The predicted molar refractivity (Wildman–Crippen MR) is 66.5 cm³/mol. The van der Waals surface area contributed by atoms with E-state index in [1.165, 1.54) is 0 Å². The molecule has 1 saturated heterocycles. The second-order valence-corrected chi connectivity index (χ2v) is 5.30. The first-order chi connectivity index (χ1) is 8.22. The van der Waals surface area contributed by atoms with Gasteiger partial charge in [-0.15, -0.1) is 0 Å². The standard InChI is InChI=1S/C13H24N2O2/c1-2-4-10(14)13(16)15-11-5-3-6-12-9(11)7-8-17-12/h9-12H,2-8,14H2,1H3,(H,15,16). The van der Waals surface area contributed by atoms with Crippen molar-refractivity contribution >= 4 is 5.91 Å². The minimum Gasteiger partial charge on any atom is -0.378 e. The number of fused-ring (bicyclic) bond motifs is 1. The third-order valence-electron chi connectivity index (χ3n) is 4.05. The smallest absolute Gasteiger partial charge is 0.237 e. The Balaban J connectivity index is 1.87. The summed E-state index contributed by atoms with van der Waals surface area (Å²) in [6.45, 7) is 2.90. The fraction of sp³-hybridized carbons (Fsp3) is 0.923. The maximum absolute atomic E-state index is 11.9. The molecule has 2 fully saturated rings. The van der Waals surface area contributed by atoms with Gasteiger partial charge in [0, 0.05) is 18.6 Å². The maximum atomic E-state index is 11.9. The molecule has 4 nitrogen and oxygen atoms in total. The molecule has 4 atom stereocenters. The zero-order valence-corrected chi connectivity index (χ0v) is 10.7. The molecule has 1 heterocycles. The molecule has 1 amide bonds. The van der Waals surface area contributed by atoms with Gasteiger partial charge in [0.05, 0.1) is 12.1 Å². The van der Waals surface area contributed by atoms with Crippen molar-refractivity contribution in [2.45, 2.75) is 63.6 Å². The summed E-state index contributed by atoms with van der Waals surface area (Å²) >= 11 is 0. The van der Waals surface area contributed by atoms with Crippen LogP contribution in [0.15, 0.2) is 0 Å². The van der Waals surface area contributed by atoms with Crippen LogP contribution in [-0.4, -0.2) is 30.7 Å². The van der Waals surface area contributed by atoms with Crippen LogP contribution in [0.2, 0.25) is 0 Å². The Morgan fingerprint density at radius 1 is 1.47 bits per heavy atom. The van der Waals surface area contributed by atoms with Crippen molar-refractivity contribution < 1.29 is 9.53 Å². The summed E-state index contributed by atoms with van der Waals surface area (Å²) < 4.78 is 5.69. The van der Waals surface area contributed by atoms with Crippen molar-refractivity contribution in [3.8, 4) is 0 Å². The lowest BCUT2D eigenvalue weighted by Crippen LogP contribution is -2.50. The summed E-state index contributed by atoms with van der Waals surface area (Å²) in [5.41, 5.74) is 5.84. The second kappa shape index (κ2) is 5.83. The van der Waals surface area contributed by atoms with E-state index in [1.807, 2.05) is 0 Å². The van der Waals surface area contributed by atoms with Crippen LogP contribution in [0.5, 0.6) is 0 Å². The third kappa shape index (κ3) is 2.99. The Kier molecular flexibility index (Phi) is 4.40. The van der Waals surface area contributed by atoms with Gasteiger partial charge in [-0.05, 0) is 32.1 Å². The van der Waals surface area contributed by atoms with E-state index in [-0.39, 0.29) is 18.0 Å². The number of carbonyl (C=O) groups excluding carboxylic acids is 1. The highest BCUT2D eigenvalue weighted by atomic mass is 16.5. The molecule has 98 valence electrons. The molecule has 1 aliphatic heterocycles. The molecule has 0 spiro atoms. The summed E-state index contributed by atoms with van der Waals surface area (Å²) in [6, 6.07) is -0.0608. The molecule has 2 rings (SSSR count). The van der Waals surface area contributed by atoms with E-state index in [4.69, 9.17) is 10.5 Å². The molecule has 0 aromatic carbocycles. The summed E-state index contributed by atoms with van der Waals surface area (Å²) in [5, 5.41) is 3.13. The van der Waals surface area contributed by atoms with E-state index in [0.717, 1.165) is 45.1 Å². The molecule has 0 radical (unpaired) electrons. The number of carbonyl (C=O) groups is 1. The Morgan fingerprint density at radius 3 is 3.06 bits per heavy atom. The number of hydrogen-bond acceptors (Lipinski definition) is 3. The molecular weight excluding hydrogens is 216 g/mol. The van der Waals surface area contributed by atoms with Crippen molar-refractivity contribution in [2.75, 3.05) is 6.61 Å². The number of nitrogens with two attached hydrogens (primary N) is 1. The predicted octanol–water partition coefficient (Wildman–Crippen LogP) is 1.19. The van der Waals surface area contributed by atoms with E-state index in [0.29, 0.717) is 12.0 Å². The van der Waals surface area contributed by atoms with Gasteiger partial charge < -0.3 is 15.8 Å². The van der Waals surface area contributed by atoms with Crippen molar-refractivity contribution in [3.63, 3.8) is 0 Å². The van der Waals surface area contributed by atoms with Crippen LogP contribution in [-0.2, 0) is 9.53 Å². The number of hydrogen-bond donors (Lipinski definition) is 2. The first-order valence-corrected chi connectivity index (χ1v) is 6.90. The molecule has 1 aliphatic carbocycles. The van der Waals surface area contributed by atoms with Gasteiger partial charge in [0.1, 0.15) is 0 Å². The van der Waals surface area contributed by atoms with Gasteiger partial charge in [-0.1, -0.05) is 13.3 Å². The largest absolute Gasteiger partial charge is 0.378 e. The first-order valence-electron chi connectivity index (χ1n) is 6.90. The topological polar surface area (TPSA) is 64.4 Å². The van der Waals surface area contributed by atoms with Gasteiger partial charge in [-0.2, -0.15) is 0 Å². The van der Waals surface area contributed by atoms with Gasteiger partial charge in [0.25, 0.3) is 0 Å². The van der Waals surface area contributed by atoms with E-state index in [9.17, 15) is 4.79 Å². The van der Waals surface area contributed by atoms with E-state index < -0.39 is 0 Å². The molecule has 4 unspecified atom stereocenters. The fourth-order valence-electron chi connectivity index (χ4n) is 3.09. The average Bonchev–Trinajstić information content (AvgIpc) is 2.78. The molecule has 17 heavy (non-hydrogen) atoms. The highest BCUT2D eigenvalue weighted by molar-refractivity contribution is 5.81. The normalized spacial score (nSPS) is 34.1. The number of nitrogens with one attached hydrogen (secondary N) is 1. The van der Waals surface area contributed by atoms with E-state index >= 15 is 0 Å². The lowest BCUT2D eigenvalue weighted by atomic mass is 9.81. The molecule has 0 bridgehead atoms. The van der Waals surface area contributed by atoms with Gasteiger partial charge >= 0.3 is 0 Å². The molecule has 0 aromatic rings. The molecular formula is C13H24N2O2. The van der Waals surface area contributed by atoms with Crippen LogP contribution >= 0.6 is 0 Å². The summed E-state index contributed by atoms with van der Waals surface area (Å²) in [6.07, 6.45) is 6.55. The minimum absolute atomic E-state index is 0.0180. The van der Waals surface area contributed by atoms with Crippen LogP contribution in [0.1, 0.15) is 45.4 Å². The van der Waals surface area contributed by atoms with Gasteiger partial charge in [-0.25, -0.2) is 0 Å². The summed E-state index contributed by atoms with van der Waals surface area (Å²) in [7, 11) is 0. The Morgan fingerprint density at radius 2 is 2.29 bits per heavy atom. The van der Waals surface area contributed by atoms with Crippen LogP contribution in [0, 0.1) is 5.92 Å². The average molecular weight is 240 g/mol. The number of rotatable bonds is 4. The minimum atomic E-state index is -0.345. The van der Waals surface area contributed by atoms with Crippen molar-refractivity contribution in [1.82, 2.24) is 5.32 Å². The SMILES string of the molecule is CCCC(N)C(=O)NC1CCCC2OCCC12. The second-order valence-electron chi connectivity index (χ2n) is 5.30. The Hall–Kier alpha value is -0.610. The zero-order valence-electron chi connectivity index (χ0n) is 10.7. The molecule has 4 heteroatoms. The zero-order chi connectivity index (χ0) is 12.3.